The van der Waals surface area contributed by atoms with Crippen LogP contribution in [-0.4, -0.2) is 27.2 Å². The molecule has 0 unspecified atom stereocenters. The first-order valence-electron chi connectivity index (χ1n) is 10.7. The van der Waals surface area contributed by atoms with Gasteiger partial charge in [0, 0.05) is 42.2 Å². The van der Waals surface area contributed by atoms with Crippen LogP contribution in [0.2, 0.25) is 0 Å². The summed E-state index contributed by atoms with van der Waals surface area (Å²) in [6.07, 6.45) is 12.0. The zero-order chi connectivity index (χ0) is 21.6. The molecule has 1 aliphatic carbocycles. The molecule has 1 saturated carbocycles. The maximum absolute atomic E-state index is 13.4. The quantitative estimate of drug-likeness (QED) is 0.455. The average molecular weight is 435 g/mol. The van der Waals surface area contributed by atoms with Gasteiger partial charge in [0.25, 0.3) is 10.0 Å². The molecular formula is C24H26N4O2S. The van der Waals surface area contributed by atoms with Crippen molar-refractivity contribution in [1.82, 2.24) is 18.7 Å². The van der Waals surface area contributed by atoms with Crippen molar-refractivity contribution in [1.29, 1.82) is 0 Å². The third kappa shape index (κ3) is 3.57. The maximum Gasteiger partial charge on any atom is 0.269 e. The Morgan fingerprint density at radius 1 is 1.00 bits per heavy atom. The minimum atomic E-state index is -3.76. The highest BCUT2D eigenvalue weighted by molar-refractivity contribution is 7.90. The molecule has 0 spiro atoms. The van der Waals surface area contributed by atoms with Crippen molar-refractivity contribution < 1.29 is 8.42 Å². The van der Waals surface area contributed by atoms with E-state index in [0.29, 0.717) is 11.6 Å². The van der Waals surface area contributed by atoms with Crippen molar-refractivity contribution in [3.05, 3.63) is 66.7 Å². The van der Waals surface area contributed by atoms with Crippen molar-refractivity contribution in [3.8, 4) is 11.1 Å². The number of benzene rings is 1. The van der Waals surface area contributed by atoms with Crippen LogP contribution in [0.25, 0.3) is 22.2 Å². The van der Waals surface area contributed by atoms with Crippen LogP contribution in [0.3, 0.4) is 0 Å². The predicted molar refractivity (Wildman–Crippen MR) is 121 cm³/mol. The van der Waals surface area contributed by atoms with Crippen LogP contribution >= 0.6 is 0 Å². The fraction of sp³-hybridized carbons (Fsp3) is 0.333. The van der Waals surface area contributed by atoms with Crippen LogP contribution in [0.4, 0.5) is 0 Å². The molecule has 6 nitrogen and oxygen atoms in total. The van der Waals surface area contributed by atoms with Gasteiger partial charge in [0.05, 0.1) is 11.1 Å². The number of pyridine rings is 1. The Morgan fingerprint density at radius 2 is 1.74 bits per heavy atom. The molecule has 31 heavy (non-hydrogen) atoms. The Bertz CT molecular complexity index is 1330. The van der Waals surface area contributed by atoms with Crippen LogP contribution in [0.1, 0.15) is 44.1 Å². The van der Waals surface area contributed by atoms with E-state index in [9.17, 15) is 8.42 Å². The highest BCUT2D eigenvalue weighted by Gasteiger charge is 2.25. The second-order valence-corrected chi connectivity index (χ2v) is 10.5. The van der Waals surface area contributed by atoms with E-state index in [0.717, 1.165) is 35.3 Å². The van der Waals surface area contributed by atoms with Gasteiger partial charge in [-0.25, -0.2) is 17.4 Å². The zero-order valence-electron chi connectivity index (χ0n) is 17.8. The van der Waals surface area contributed by atoms with Crippen molar-refractivity contribution in [2.75, 3.05) is 0 Å². The van der Waals surface area contributed by atoms with Crippen LogP contribution in [0, 0.1) is 5.92 Å². The minimum Gasteiger partial charge on any atom is -0.275 e. The van der Waals surface area contributed by atoms with Crippen LogP contribution < -0.4 is 0 Å². The molecule has 160 valence electrons. The first-order chi connectivity index (χ1) is 14.9. The van der Waals surface area contributed by atoms with Gasteiger partial charge in [-0.3, -0.25) is 4.68 Å². The van der Waals surface area contributed by atoms with Gasteiger partial charge in [-0.2, -0.15) is 5.10 Å². The molecule has 3 heterocycles. The largest absolute Gasteiger partial charge is 0.275 e. The monoisotopic (exact) mass is 434 g/mol. The molecule has 0 bridgehead atoms. The van der Waals surface area contributed by atoms with Gasteiger partial charge in [0.1, 0.15) is 0 Å². The number of aryl methyl sites for hydroxylation is 1. The highest BCUT2D eigenvalue weighted by Crippen LogP contribution is 2.38. The predicted octanol–water partition coefficient (Wildman–Crippen LogP) is 4.97. The number of aromatic nitrogens is 4. The van der Waals surface area contributed by atoms with E-state index < -0.39 is 10.0 Å². The van der Waals surface area contributed by atoms with E-state index in [-0.39, 0.29) is 4.90 Å². The van der Waals surface area contributed by atoms with E-state index in [1.807, 2.05) is 25.5 Å². The molecule has 0 saturated heterocycles. The van der Waals surface area contributed by atoms with Gasteiger partial charge >= 0.3 is 0 Å². The van der Waals surface area contributed by atoms with Crippen molar-refractivity contribution in [2.45, 2.75) is 43.4 Å². The number of hydrogen-bond donors (Lipinski definition) is 0. The lowest BCUT2D eigenvalue weighted by Gasteiger charge is -2.26. The van der Waals surface area contributed by atoms with Crippen molar-refractivity contribution in [2.24, 2.45) is 13.0 Å². The van der Waals surface area contributed by atoms with Crippen molar-refractivity contribution in [3.63, 3.8) is 0 Å². The Morgan fingerprint density at radius 3 is 2.42 bits per heavy atom. The molecule has 5 rings (SSSR count). The Hall–Kier alpha value is -2.93. The van der Waals surface area contributed by atoms with Crippen LogP contribution in [-0.2, 0) is 17.1 Å². The molecular weight excluding hydrogens is 408 g/mol. The molecule has 0 radical (unpaired) electrons. The zero-order valence-corrected chi connectivity index (χ0v) is 18.6. The Balaban J connectivity index is 1.69. The standard InChI is InChI=1S/C24H26N4O2S/c1-17-8-10-18(11-9-17)19-12-22-23(20-14-26-27(2)15-20)16-28(24(22)25-13-19)31(29,30)21-6-4-3-5-7-21/h3-7,12-18H,8-11H2,1-2H3. The Kier molecular flexibility index (Phi) is 4.93. The van der Waals surface area contributed by atoms with Gasteiger partial charge in [0.15, 0.2) is 5.65 Å². The maximum atomic E-state index is 13.4. The lowest BCUT2D eigenvalue weighted by Crippen LogP contribution is -2.13. The topological polar surface area (TPSA) is 69.8 Å². The fourth-order valence-electron chi connectivity index (χ4n) is 4.59. The van der Waals surface area contributed by atoms with Crippen LogP contribution in [0.15, 0.2) is 66.1 Å². The first kappa shape index (κ1) is 20.0. The second-order valence-electron chi connectivity index (χ2n) is 8.66. The van der Waals surface area contributed by atoms with Crippen molar-refractivity contribution >= 4 is 21.1 Å². The Labute approximate surface area is 182 Å². The number of hydrogen-bond acceptors (Lipinski definition) is 4. The molecule has 0 atom stereocenters. The molecule has 0 N–H and O–H groups in total. The van der Waals surface area contributed by atoms with E-state index in [2.05, 4.69) is 23.1 Å². The van der Waals surface area contributed by atoms with E-state index >= 15 is 0 Å². The van der Waals surface area contributed by atoms with Gasteiger partial charge < -0.3 is 0 Å². The molecule has 0 aliphatic heterocycles. The molecule has 1 aliphatic rings. The van der Waals surface area contributed by atoms with E-state index in [1.54, 1.807) is 41.3 Å². The second kappa shape index (κ2) is 7.64. The van der Waals surface area contributed by atoms with Crippen LogP contribution in [0.5, 0.6) is 0 Å². The lowest BCUT2D eigenvalue weighted by molar-refractivity contribution is 0.348. The molecule has 1 fully saturated rings. The third-order valence-electron chi connectivity index (χ3n) is 6.44. The lowest BCUT2D eigenvalue weighted by atomic mass is 9.80. The number of fused-ring (bicyclic) bond motifs is 1. The summed E-state index contributed by atoms with van der Waals surface area (Å²) in [7, 11) is -1.91. The summed E-state index contributed by atoms with van der Waals surface area (Å²) in [5.41, 5.74) is 3.36. The molecule has 0 amide bonds. The normalized spacial score (nSPS) is 19.7. The SMILES string of the molecule is CC1CCC(c2cnc3c(c2)c(-c2cnn(C)c2)cn3S(=O)(=O)c2ccccc2)CC1. The first-order valence-corrected chi connectivity index (χ1v) is 12.2. The summed E-state index contributed by atoms with van der Waals surface area (Å²) in [5, 5.41) is 5.14. The van der Waals surface area contributed by atoms with Gasteiger partial charge in [-0.15, -0.1) is 0 Å². The molecule has 7 heteroatoms. The smallest absolute Gasteiger partial charge is 0.269 e. The number of rotatable bonds is 4. The van der Waals surface area contributed by atoms with E-state index in [4.69, 9.17) is 0 Å². The van der Waals surface area contributed by atoms with E-state index in [1.165, 1.54) is 22.4 Å². The summed E-state index contributed by atoms with van der Waals surface area (Å²) in [5.74, 6) is 1.25. The summed E-state index contributed by atoms with van der Waals surface area (Å²) in [6, 6.07) is 10.6. The average Bonchev–Trinajstić information content (AvgIpc) is 3.38. The summed E-state index contributed by atoms with van der Waals surface area (Å²) in [6.45, 7) is 2.31. The van der Waals surface area contributed by atoms with Gasteiger partial charge in [-0.1, -0.05) is 38.0 Å². The van der Waals surface area contributed by atoms with Gasteiger partial charge in [0.2, 0.25) is 0 Å². The minimum absolute atomic E-state index is 0.247. The molecule has 4 aromatic rings. The molecule has 1 aromatic carbocycles. The third-order valence-corrected chi connectivity index (χ3v) is 8.10. The fourth-order valence-corrected chi connectivity index (χ4v) is 5.94. The summed E-state index contributed by atoms with van der Waals surface area (Å²) < 4.78 is 29.9. The molecule has 3 aromatic heterocycles. The highest BCUT2D eigenvalue weighted by atomic mass is 32.2. The van der Waals surface area contributed by atoms with Gasteiger partial charge in [-0.05, 0) is 48.4 Å². The number of nitrogens with zero attached hydrogens (tertiary/aromatic N) is 4. The summed E-state index contributed by atoms with van der Waals surface area (Å²) >= 11 is 0. The summed E-state index contributed by atoms with van der Waals surface area (Å²) in [4.78, 5) is 4.92.